The maximum atomic E-state index is 12.7. The lowest BCUT2D eigenvalue weighted by Gasteiger charge is -2.45. The molecule has 4 aliphatic rings. The summed E-state index contributed by atoms with van der Waals surface area (Å²) in [5, 5.41) is 2.99. The number of ketones is 1. The van der Waals surface area contributed by atoms with Gasteiger partial charge in [-0.3, -0.25) is 9.69 Å². The standard InChI is InChI=1S/C20H24N2O3/c1-2-21-17-9-4-3-7-15(17)20(24)25-14-6-5-8-16-18-11-13(10-14)22(18)12-19(16)23/h2-4,7,9,13-14,16,18,21H,1,5-6,8,10-12H2. The molecule has 1 saturated carbocycles. The first-order valence-electron chi connectivity index (χ1n) is 9.13. The summed E-state index contributed by atoms with van der Waals surface area (Å²) in [6.45, 7) is 4.24. The van der Waals surface area contributed by atoms with Gasteiger partial charge in [0.1, 0.15) is 6.10 Å². The van der Waals surface area contributed by atoms with Crippen molar-refractivity contribution in [2.24, 2.45) is 5.92 Å². The lowest BCUT2D eigenvalue weighted by atomic mass is 9.84. The van der Waals surface area contributed by atoms with E-state index in [2.05, 4.69) is 16.8 Å². The minimum Gasteiger partial charge on any atom is -0.459 e. The van der Waals surface area contributed by atoms with Gasteiger partial charge in [-0.05, 0) is 44.0 Å². The zero-order chi connectivity index (χ0) is 17.4. The van der Waals surface area contributed by atoms with E-state index in [9.17, 15) is 9.59 Å². The molecule has 1 aromatic rings. The number of rotatable bonds is 4. The van der Waals surface area contributed by atoms with Crippen molar-refractivity contribution in [3.05, 3.63) is 42.6 Å². The molecule has 132 valence electrons. The van der Waals surface area contributed by atoms with Crippen LogP contribution in [0.3, 0.4) is 0 Å². The Kier molecular flexibility index (Phi) is 4.34. The number of hydrogen-bond donors (Lipinski definition) is 1. The predicted molar refractivity (Wildman–Crippen MR) is 95.3 cm³/mol. The van der Waals surface area contributed by atoms with Crippen LogP contribution in [0.1, 0.15) is 42.5 Å². The van der Waals surface area contributed by atoms with Gasteiger partial charge in [-0.1, -0.05) is 18.7 Å². The largest absolute Gasteiger partial charge is 0.459 e. The summed E-state index contributed by atoms with van der Waals surface area (Å²) in [7, 11) is 0. The number of hydrogen-bond acceptors (Lipinski definition) is 5. The molecule has 1 aliphatic carbocycles. The zero-order valence-electron chi connectivity index (χ0n) is 14.3. The third kappa shape index (κ3) is 2.97. The highest BCUT2D eigenvalue weighted by atomic mass is 16.5. The van der Waals surface area contributed by atoms with Crippen molar-refractivity contribution in [1.29, 1.82) is 0 Å². The topological polar surface area (TPSA) is 58.6 Å². The van der Waals surface area contributed by atoms with Gasteiger partial charge in [0.25, 0.3) is 0 Å². The van der Waals surface area contributed by atoms with E-state index >= 15 is 0 Å². The Hall–Kier alpha value is -2.14. The van der Waals surface area contributed by atoms with E-state index in [4.69, 9.17) is 4.74 Å². The van der Waals surface area contributed by atoms with Gasteiger partial charge in [-0.15, -0.1) is 0 Å². The van der Waals surface area contributed by atoms with Gasteiger partial charge in [0.15, 0.2) is 5.78 Å². The number of nitrogens with one attached hydrogen (secondary N) is 1. The lowest BCUT2D eigenvalue weighted by Crippen LogP contribution is -2.54. The molecule has 25 heavy (non-hydrogen) atoms. The van der Waals surface area contributed by atoms with Crippen LogP contribution in [0.5, 0.6) is 0 Å². The van der Waals surface area contributed by atoms with Gasteiger partial charge in [-0.2, -0.15) is 0 Å². The first-order valence-corrected chi connectivity index (χ1v) is 9.13. The van der Waals surface area contributed by atoms with Crippen molar-refractivity contribution in [3.63, 3.8) is 0 Å². The second-order valence-corrected chi connectivity index (χ2v) is 7.29. The van der Waals surface area contributed by atoms with E-state index in [0.717, 1.165) is 32.1 Å². The van der Waals surface area contributed by atoms with Gasteiger partial charge in [-0.25, -0.2) is 4.79 Å². The molecular weight excluding hydrogens is 316 g/mol. The Morgan fingerprint density at radius 2 is 2.12 bits per heavy atom. The maximum absolute atomic E-state index is 12.7. The molecule has 1 aromatic carbocycles. The SMILES string of the molecule is C=CNc1ccccc1C(=O)OC1CCCC2C(=O)CN3C(C1)CC23. The van der Waals surface area contributed by atoms with E-state index in [1.807, 2.05) is 18.2 Å². The number of nitrogens with zero attached hydrogens (tertiary/aromatic N) is 1. The molecule has 5 nitrogen and oxygen atoms in total. The minimum atomic E-state index is -0.290. The van der Waals surface area contributed by atoms with E-state index in [0.29, 0.717) is 35.7 Å². The molecule has 0 aromatic heterocycles. The first-order chi connectivity index (χ1) is 12.2. The molecule has 0 spiro atoms. The Labute approximate surface area is 148 Å². The number of para-hydroxylation sites is 1. The van der Waals surface area contributed by atoms with Crippen molar-refractivity contribution in [1.82, 2.24) is 4.90 Å². The van der Waals surface area contributed by atoms with Crippen LogP contribution in [0, 0.1) is 5.92 Å². The highest BCUT2D eigenvalue weighted by Crippen LogP contribution is 2.43. The number of esters is 1. The fourth-order valence-corrected chi connectivity index (χ4v) is 4.63. The van der Waals surface area contributed by atoms with Crippen LogP contribution in [0.2, 0.25) is 0 Å². The van der Waals surface area contributed by atoms with Crippen LogP contribution in [0.25, 0.3) is 0 Å². The van der Waals surface area contributed by atoms with E-state index in [1.165, 1.54) is 0 Å². The normalized spacial score (nSPS) is 33.4. The quantitative estimate of drug-likeness (QED) is 0.854. The smallest absolute Gasteiger partial charge is 0.340 e. The zero-order valence-corrected chi connectivity index (χ0v) is 14.3. The van der Waals surface area contributed by atoms with Crippen molar-refractivity contribution < 1.29 is 14.3 Å². The van der Waals surface area contributed by atoms with Gasteiger partial charge < -0.3 is 10.1 Å². The monoisotopic (exact) mass is 340 g/mol. The van der Waals surface area contributed by atoms with Gasteiger partial charge >= 0.3 is 5.97 Å². The van der Waals surface area contributed by atoms with Gasteiger partial charge in [0.05, 0.1) is 17.8 Å². The molecule has 0 radical (unpaired) electrons. The Morgan fingerprint density at radius 3 is 2.96 bits per heavy atom. The minimum absolute atomic E-state index is 0.0790. The molecule has 4 bridgehead atoms. The summed E-state index contributed by atoms with van der Waals surface area (Å²) < 4.78 is 5.86. The van der Waals surface area contributed by atoms with Crippen LogP contribution in [-0.2, 0) is 9.53 Å². The third-order valence-electron chi connectivity index (χ3n) is 5.88. The lowest BCUT2D eigenvalue weighted by molar-refractivity contribution is -0.120. The van der Waals surface area contributed by atoms with Gasteiger partial charge in [0.2, 0.25) is 0 Å². The number of Topliss-reactive ketones (excluding diaryl/α,β-unsaturated/α-hetero) is 1. The molecule has 5 heteroatoms. The molecule has 5 atom stereocenters. The maximum Gasteiger partial charge on any atom is 0.340 e. The van der Waals surface area contributed by atoms with Gasteiger partial charge in [0, 0.05) is 24.4 Å². The number of fused-ring (bicyclic) bond motifs is 4. The van der Waals surface area contributed by atoms with Crippen LogP contribution >= 0.6 is 0 Å². The molecule has 3 aliphatic heterocycles. The van der Waals surface area contributed by atoms with E-state index in [1.54, 1.807) is 12.3 Å². The Morgan fingerprint density at radius 1 is 1.28 bits per heavy atom. The average Bonchev–Trinajstić information content (AvgIpc) is 2.92. The second kappa shape index (κ2) is 6.64. The fraction of sp³-hybridized carbons (Fsp3) is 0.500. The predicted octanol–water partition coefficient (Wildman–Crippen LogP) is 2.98. The summed E-state index contributed by atoms with van der Waals surface area (Å²) >= 11 is 0. The number of carbonyl (C=O) groups excluding carboxylic acids is 2. The number of benzene rings is 1. The van der Waals surface area contributed by atoms with Crippen molar-refractivity contribution in [2.75, 3.05) is 11.9 Å². The summed E-state index contributed by atoms with van der Waals surface area (Å²) in [6.07, 6.45) is 6.08. The summed E-state index contributed by atoms with van der Waals surface area (Å²) in [5.41, 5.74) is 1.24. The van der Waals surface area contributed by atoms with Crippen molar-refractivity contribution >= 4 is 17.4 Å². The molecule has 3 saturated heterocycles. The van der Waals surface area contributed by atoms with Crippen LogP contribution in [-0.4, -0.2) is 41.4 Å². The number of carbonyl (C=O) groups is 2. The highest BCUT2D eigenvalue weighted by Gasteiger charge is 2.52. The third-order valence-corrected chi connectivity index (χ3v) is 5.88. The van der Waals surface area contributed by atoms with Crippen LogP contribution in [0.4, 0.5) is 5.69 Å². The van der Waals surface area contributed by atoms with Crippen LogP contribution < -0.4 is 5.32 Å². The van der Waals surface area contributed by atoms with Crippen molar-refractivity contribution in [3.8, 4) is 0 Å². The highest BCUT2D eigenvalue weighted by molar-refractivity contribution is 5.95. The average molecular weight is 340 g/mol. The molecule has 5 unspecified atom stereocenters. The number of anilines is 1. The number of ether oxygens (including phenoxy) is 1. The molecule has 4 fully saturated rings. The fourth-order valence-electron chi connectivity index (χ4n) is 4.63. The summed E-state index contributed by atoms with van der Waals surface area (Å²) in [5.74, 6) is 0.330. The first kappa shape index (κ1) is 16.3. The van der Waals surface area contributed by atoms with Crippen molar-refractivity contribution in [2.45, 2.75) is 50.3 Å². The summed E-state index contributed by atoms with van der Waals surface area (Å²) in [4.78, 5) is 27.1. The van der Waals surface area contributed by atoms with E-state index < -0.39 is 0 Å². The van der Waals surface area contributed by atoms with Crippen LogP contribution in [0.15, 0.2) is 37.0 Å². The molecule has 3 heterocycles. The summed E-state index contributed by atoms with van der Waals surface area (Å²) in [6, 6.07) is 8.15. The molecular formula is C20H24N2O3. The molecule has 0 amide bonds. The second-order valence-electron chi connectivity index (χ2n) is 7.29. The van der Waals surface area contributed by atoms with E-state index in [-0.39, 0.29) is 18.0 Å². The molecule has 5 rings (SSSR count). The molecule has 1 N–H and O–H groups in total. The Balaban J connectivity index is 1.45. The Bertz CT molecular complexity index is 702.